The van der Waals surface area contributed by atoms with Crippen molar-refractivity contribution in [2.75, 3.05) is 13.1 Å². The number of carbonyl (C=O) groups excluding carboxylic acids is 1. The molecule has 3 aromatic rings. The highest BCUT2D eigenvalue weighted by Crippen LogP contribution is 2.30. The second-order valence-corrected chi connectivity index (χ2v) is 8.55. The number of amides is 1. The van der Waals surface area contributed by atoms with Gasteiger partial charge in [-0.3, -0.25) is 14.7 Å². The van der Waals surface area contributed by atoms with E-state index in [2.05, 4.69) is 27.3 Å². The predicted octanol–water partition coefficient (Wildman–Crippen LogP) is 4.92. The number of nitrogens with zero attached hydrogens (tertiary/aromatic N) is 2. The Bertz CT molecular complexity index is 996. The number of hydrogen-bond acceptors (Lipinski definition) is 3. The van der Waals surface area contributed by atoms with Crippen LogP contribution < -0.4 is 5.32 Å². The molecule has 1 amide bonds. The number of benzene rings is 2. The third-order valence-corrected chi connectivity index (χ3v) is 6.12. The summed E-state index contributed by atoms with van der Waals surface area (Å²) in [4.78, 5) is 19.8. The summed E-state index contributed by atoms with van der Waals surface area (Å²) < 4.78 is 13.6. The first kappa shape index (κ1) is 22.2. The minimum absolute atomic E-state index is 0.0479. The first-order valence-corrected chi connectivity index (χ1v) is 11.4. The summed E-state index contributed by atoms with van der Waals surface area (Å²) in [6.45, 7) is 2.53. The molecule has 1 N–H and O–H groups in total. The van der Waals surface area contributed by atoms with Gasteiger partial charge in [-0.1, -0.05) is 48.5 Å². The van der Waals surface area contributed by atoms with E-state index in [1.807, 2.05) is 42.5 Å². The molecule has 2 atom stereocenters. The van der Waals surface area contributed by atoms with E-state index in [9.17, 15) is 9.18 Å². The Balaban J connectivity index is 1.43. The summed E-state index contributed by atoms with van der Waals surface area (Å²) >= 11 is 0. The van der Waals surface area contributed by atoms with Crippen LogP contribution in [0.3, 0.4) is 0 Å². The van der Waals surface area contributed by atoms with E-state index in [0.717, 1.165) is 49.2 Å². The third-order valence-electron chi connectivity index (χ3n) is 6.12. The summed E-state index contributed by atoms with van der Waals surface area (Å²) in [7, 11) is 0. The number of rotatable bonds is 8. The zero-order chi connectivity index (χ0) is 22.2. The molecule has 5 heteroatoms. The minimum Gasteiger partial charge on any atom is -0.347 e. The molecule has 0 aliphatic carbocycles. The molecule has 1 aliphatic heterocycles. The lowest BCUT2D eigenvalue weighted by molar-refractivity contribution is -0.122. The predicted molar refractivity (Wildman–Crippen MR) is 124 cm³/mol. The number of likely N-dealkylation sites (tertiary alicyclic amines) is 1. The van der Waals surface area contributed by atoms with Crippen molar-refractivity contribution < 1.29 is 9.18 Å². The Morgan fingerprint density at radius 1 is 1.06 bits per heavy atom. The van der Waals surface area contributed by atoms with Crippen LogP contribution >= 0.6 is 0 Å². The van der Waals surface area contributed by atoms with Crippen molar-refractivity contribution in [2.45, 2.75) is 38.3 Å². The van der Waals surface area contributed by atoms with Crippen LogP contribution in [0.1, 0.15) is 42.1 Å². The van der Waals surface area contributed by atoms with Gasteiger partial charge in [0.25, 0.3) is 0 Å². The summed E-state index contributed by atoms with van der Waals surface area (Å²) in [5.41, 5.74) is 3.04. The Morgan fingerprint density at radius 3 is 2.66 bits per heavy atom. The van der Waals surface area contributed by atoms with Crippen LogP contribution in [-0.4, -0.2) is 28.9 Å². The first-order chi connectivity index (χ1) is 15.7. The number of hydrogen-bond donors (Lipinski definition) is 1. The zero-order valence-corrected chi connectivity index (χ0v) is 18.3. The van der Waals surface area contributed by atoms with Crippen LogP contribution in [0.25, 0.3) is 0 Å². The normalized spacial score (nSPS) is 17.6. The molecule has 4 rings (SSSR count). The molecule has 0 radical (unpaired) electrons. The second kappa shape index (κ2) is 11.0. The van der Waals surface area contributed by atoms with Gasteiger partial charge >= 0.3 is 0 Å². The van der Waals surface area contributed by atoms with Gasteiger partial charge < -0.3 is 5.32 Å². The number of pyridine rings is 1. The molecule has 0 saturated carbocycles. The molecule has 2 heterocycles. The zero-order valence-electron chi connectivity index (χ0n) is 18.3. The molecule has 1 aromatic heterocycles. The van der Waals surface area contributed by atoms with Crippen molar-refractivity contribution in [3.63, 3.8) is 0 Å². The van der Waals surface area contributed by atoms with E-state index < -0.39 is 0 Å². The Morgan fingerprint density at radius 2 is 1.88 bits per heavy atom. The van der Waals surface area contributed by atoms with Gasteiger partial charge in [0.05, 0.1) is 11.7 Å². The van der Waals surface area contributed by atoms with Gasteiger partial charge in [-0.05, 0) is 67.1 Å². The fraction of sp³-hybridized carbons (Fsp3) is 0.333. The average molecular weight is 432 g/mol. The number of carbonyl (C=O) groups is 1. The fourth-order valence-corrected chi connectivity index (χ4v) is 4.54. The molecule has 1 fully saturated rings. The van der Waals surface area contributed by atoms with Crippen molar-refractivity contribution >= 4 is 5.91 Å². The molecule has 1 saturated heterocycles. The molecule has 0 bridgehead atoms. The largest absolute Gasteiger partial charge is 0.347 e. The Hall–Kier alpha value is -3.05. The van der Waals surface area contributed by atoms with E-state index in [4.69, 9.17) is 0 Å². The standard InChI is InChI=1S/C27H30FN3O/c28-24-12-6-10-22(18-24)19-31-17-7-11-23(20-31)27(25-13-4-5-16-29-25)30-26(32)15-14-21-8-2-1-3-9-21/h1-6,8-10,12-13,16,18,23,27H,7,11,14-15,17,19-20H2,(H,30,32)/t23-,27-/m1/s1. The van der Waals surface area contributed by atoms with Crippen molar-refractivity contribution in [1.29, 1.82) is 0 Å². The lowest BCUT2D eigenvalue weighted by atomic mass is 9.88. The maximum absolute atomic E-state index is 13.6. The maximum atomic E-state index is 13.6. The van der Waals surface area contributed by atoms with Crippen LogP contribution in [0.2, 0.25) is 0 Å². The van der Waals surface area contributed by atoms with Crippen LogP contribution in [0.5, 0.6) is 0 Å². The minimum atomic E-state index is -0.201. The van der Waals surface area contributed by atoms with Gasteiger partial charge in [0.15, 0.2) is 0 Å². The Labute approximate surface area is 189 Å². The van der Waals surface area contributed by atoms with Gasteiger partial charge in [-0.15, -0.1) is 0 Å². The summed E-state index contributed by atoms with van der Waals surface area (Å²) in [5, 5.41) is 3.28. The molecule has 166 valence electrons. The monoisotopic (exact) mass is 431 g/mol. The van der Waals surface area contributed by atoms with Gasteiger partial charge in [0.2, 0.25) is 5.91 Å². The van der Waals surface area contributed by atoms with Crippen LogP contribution in [0.15, 0.2) is 79.0 Å². The summed E-state index contributed by atoms with van der Waals surface area (Å²) in [6.07, 6.45) is 5.03. The van der Waals surface area contributed by atoms with E-state index in [-0.39, 0.29) is 23.7 Å². The molecule has 0 unspecified atom stereocenters. The van der Waals surface area contributed by atoms with Gasteiger partial charge in [0, 0.05) is 25.7 Å². The number of nitrogens with one attached hydrogen (secondary N) is 1. The number of aryl methyl sites for hydroxylation is 1. The van der Waals surface area contributed by atoms with E-state index in [1.54, 1.807) is 18.3 Å². The summed E-state index contributed by atoms with van der Waals surface area (Å²) in [5.74, 6) is 0.104. The topological polar surface area (TPSA) is 45.2 Å². The first-order valence-electron chi connectivity index (χ1n) is 11.4. The highest BCUT2D eigenvalue weighted by atomic mass is 19.1. The van der Waals surface area contributed by atoms with E-state index in [0.29, 0.717) is 13.0 Å². The van der Waals surface area contributed by atoms with Crippen molar-refractivity contribution in [3.05, 3.63) is 102 Å². The third kappa shape index (κ3) is 6.24. The van der Waals surface area contributed by atoms with Crippen molar-refractivity contribution in [3.8, 4) is 0 Å². The second-order valence-electron chi connectivity index (χ2n) is 8.55. The average Bonchev–Trinajstić information content (AvgIpc) is 2.83. The molecule has 1 aliphatic rings. The molecule has 32 heavy (non-hydrogen) atoms. The quantitative estimate of drug-likeness (QED) is 0.550. The SMILES string of the molecule is O=C(CCc1ccccc1)N[C@@H](c1ccccn1)[C@@H]1CCCN(Cc2cccc(F)c2)C1. The Kier molecular flexibility index (Phi) is 7.62. The highest BCUT2D eigenvalue weighted by molar-refractivity contribution is 5.76. The van der Waals surface area contributed by atoms with Gasteiger partial charge in [-0.25, -0.2) is 4.39 Å². The van der Waals surface area contributed by atoms with Crippen LogP contribution in [-0.2, 0) is 17.8 Å². The molecule has 0 spiro atoms. The number of aromatic nitrogens is 1. The van der Waals surface area contributed by atoms with Gasteiger partial charge in [-0.2, -0.15) is 0 Å². The summed E-state index contributed by atoms with van der Waals surface area (Å²) in [6, 6.07) is 22.6. The van der Waals surface area contributed by atoms with Crippen LogP contribution in [0.4, 0.5) is 4.39 Å². The smallest absolute Gasteiger partial charge is 0.220 e. The van der Waals surface area contributed by atoms with Crippen molar-refractivity contribution in [1.82, 2.24) is 15.2 Å². The lowest BCUT2D eigenvalue weighted by Gasteiger charge is -2.37. The maximum Gasteiger partial charge on any atom is 0.220 e. The molecular formula is C27H30FN3O. The molecule has 2 aromatic carbocycles. The van der Waals surface area contributed by atoms with Crippen molar-refractivity contribution in [2.24, 2.45) is 5.92 Å². The number of halogens is 1. The molecular weight excluding hydrogens is 401 g/mol. The van der Waals surface area contributed by atoms with E-state index in [1.165, 1.54) is 6.07 Å². The molecule has 4 nitrogen and oxygen atoms in total. The van der Waals surface area contributed by atoms with Crippen LogP contribution in [0, 0.1) is 11.7 Å². The fourth-order valence-electron chi connectivity index (χ4n) is 4.54. The highest BCUT2D eigenvalue weighted by Gasteiger charge is 2.30. The number of piperidine rings is 1. The van der Waals surface area contributed by atoms with E-state index >= 15 is 0 Å². The lowest BCUT2D eigenvalue weighted by Crippen LogP contribution is -2.43. The van der Waals surface area contributed by atoms with Gasteiger partial charge in [0.1, 0.15) is 5.82 Å².